The molecule has 140 valence electrons. The minimum absolute atomic E-state index is 0.000336. The number of hydrogen-bond acceptors (Lipinski definition) is 6. The molecule has 0 atom stereocenters. The van der Waals surface area contributed by atoms with Crippen molar-refractivity contribution in [3.63, 3.8) is 0 Å². The monoisotopic (exact) mass is 376 g/mol. The van der Waals surface area contributed by atoms with E-state index in [1.807, 2.05) is 30.3 Å². The fourth-order valence-corrected chi connectivity index (χ4v) is 2.31. The summed E-state index contributed by atoms with van der Waals surface area (Å²) in [6, 6.07) is 15.8. The van der Waals surface area contributed by atoms with Crippen LogP contribution in [0.2, 0.25) is 0 Å². The van der Waals surface area contributed by atoms with Crippen molar-refractivity contribution in [2.45, 2.75) is 6.61 Å². The van der Waals surface area contributed by atoms with E-state index in [0.717, 1.165) is 5.56 Å². The quantitative estimate of drug-likeness (QED) is 0.464. The lowest BCUT2D eigenvalue weighted by Gasteiger charge is -2.09. The summed E-state index contributed by atoms with van der Waals surface area (Å²) >= 11 is 0. The van der Waals surface area contributed by atoms with Gasteiger partial charge in [-0.2, -0.15) is 0 Å². The predicted octanol–water partition coefficient (Wildman–Crippen LogP) is 3.09. The number of amides is 1. The molecular formula is C20H16N4O4. The zero-order chi connectivity index (χ0) is 19.9. The van der Waals surface area contributed by atoms with Gasteiger partial charge >= 0.3 is 12.1 Å². The molecular weight excluding hydrogens is 360 g/mol. The van der Waals surface area contributed by atoms with Crippen LogP contribution in [0.4, 0.5) is 4.79 Å². The van der Waals surface area contributed by atoms with Crippen LogP contribution in [0.3, 0.4) is 0 Å². The maximum Gasteiger partial charge on any atom is 0.413 e. The number of rotatable bonds is 5. The molecule has 3 N–H and O–H groups in total. The average Bonchev–Trinajstić information content (AvgIpc) is 2.73. The Kier molecular flexibility index (Phi) is 5.71. The number of ether oxygens (including phenoxy) is 1. The molecule has 3 rings (SSSR count). The van der Waals surface area contributed by atoms with Gasteiger partial charge in [-0.1, -0.05) is 54.6 Å². The van der Waals surface area contributed by atoms with Crippen molar-refractivity contribution in [1.82, 2.24) is 15.3 Å². The van der Waals surface area contributed by atoms with E-state index in [9.17, 15) is 9.59 Å². The molecule has 0 aliphatic heterocycles. The van der Waals surface area contributed by atoms with Crippen LogP contribution in [-0.2, 0) is 11.3 Å². The number of benzene rings is 2. The van der Waals surface area contributed by atoms with Gasteiger partial charge in [-0.3, -0.25) is 10.7 Å². The van der Waals surface area contributed by atoms with Crippen molar-refractivity contribution >= 4 is 17.9 Å². The Labute approximate surface area is 160 Å². The predicted molar refractivity (Wildman–Crippen MR) is 101 cm³/mol. The zero-order valence-electron chi connectivity index (χ0n) is 14.6. The van der Waals surface area contributed by atoms with Crippen molar-refractivity contribution in [2.24, 2.45) is 0 Å². The SMILES string of the molecule is N=C(NC(=O)OCc1ccccc1)c1ccc(-c2ncc(C(=O)O)cn2)cc1. The smallest absolute Gasteiger partial charge is 0.413 e. The van der Waals surface area contributed by atoms with E-state index in [0.29, 0.717) is 17.0 Å². The first-order valence-electron chi connectivity index (χ1n) is 8.25. The first kappa shape index (κ1) is 18.7. The molecule has 3 aromatic rings. The standard InChI is InChI=1S/C20H16N4O4/c21-17(24-20(27)28-12-13-4-2-1-3-5-13)14-6-8-15(9-7-14)18-22-10-16(11-23-18)19(25)26/h1-11H,12H2,(H,25,26)(H2,21,24,27). The topological polar surface area (TPSA) is 125 Å². The second-order valence-electron chi connectivity index (χ2n) is 5.74. The molecule has 8 nitrogen and oxygen atoms in total. The van der Waals surface area contributed by atoms with Crippen molar-refractivity contribution in [1.29, 1.82) is 5.41 Å². The molecule has 1 heterocycles. The maximum absolute atomic E-state index is 11.8. The summed E-state index contributed by atoms with van der Waals surface area (Å²) in [5.74, 6) is -0.842. The van der Waals surface area contributed by atoms with E-state index in [2.05, 4.69) is 15.3 Å². The molecule has 0 spiro atoms. The van der Waals surface area contributed by atoms with Crippen LogP contribution in [0.15, 0.2) is 67.0 Å². The van der Waals surface area contributed by atoms with Crippen LogP contribution in [-0.4, -0.2) is 33.0 Å². The Morgan fingerprint density at radius 1 is 0.964 bits per heavy atom. The molecule has 0 saturated heterocycles. The molecule has 0 radical (unpaired) electrons. The molecule has 0 aliphatic carbocycles. The molecule has 0 aliphatic rings. The third-order valence-electron chi connectivity index (χ3n) is 3.77. The van der Waals surface area contributed by atoms with E-state index in [4.69, 9.17) is 15.3 Å². The number of carbonyl (C=O) groups is 2. The Balaban J connectivity index is 1.58. The third-order valence-corrected chi connectivity index (χ3v) is 3.77. The first-order valence-corrected chi connectivity index (χ1v) is 8.25. The molecule has 2 aromatic carbocycles. The number of nitrogens with one attached hydrogen (secondary N) is 2. The van der Waals surface area contributed by atoms with Crippen LogP contribution in [0.25, 0.3) is 11.4 Å². The highest BCUT2D eigenvalue weighted by atomic mass is 16.5. The van der Waals surface area contributed by atoms with Crippen molar-refractivity contribution in [3.8, 4) is 11.4 Å². The maximum atomic E-state index is 11.8. The number of carboxylic acid groups (broad SMARTS) is 1. The van der Waals surface area contributed by atoms with Crippen molar-refractivity contribution in [3.05, 3.63) is 83.7 Å². The van der Waals surface area contributed by atoms with Gasteiger partial charge in [-0.25, -0.2) is 19.6 Å². The Morgan fingerprint density at radius 3 is 2.21 bits per heavy atom. The van der Waals surface area contributed by atoms with E-state index >= 15 is 0 Å². The van der Waals surface area contributed by atoms with E-state index in [1.165, 1.54) is 12.4 Å². The number of carbonyl (C=O) groups excluding carboxylic acids is 1. The largest absolute Gasteiger partial charge is 0.478 e. The summed E-state index contributed by atoms with van der Waals surface area (Å²) in [6.45, 7) is 0.114. The van der Waals surface area contributed by atoms with E-state index < -0.39 is 12.1 Å². The number of carboxylic acids is 1. The van der Waals surface area contributed by atoms with Crippen LogP contribution >= 0.6 is 0 Å². The van der Waals surface area contributed by atoms with Gasteiger partial charge in [-0.15, -0.1) is 0 Å². The molecule has 0 unspecified atom stereocenters. The summed E-state index contributed by atoms with van der Waals surface area (Å²) in [5.41, 5.74) is 1.98. The second kappa shape index (κ2) is 8.54. The van der Waals surface area contributed by atoms with Crippen LogP contribution in [0.1, 0.15) is 21.5 Å². The zero-order valence-corrected chi connectivity index (χ0v) is 14.6. The van der Waals surface area contributed by atoms with E-state index in [1.54, 1.807) is 24.3 Å². The Bertz CT molecular complexity index is 987. The summed E-state index contributed by atoms with van der Waals surface area (Å²) in [4.78, 5) is 30.7. The van der Waals surface area contributed by atoms with Gasteiger partial charge in [-0.05, 0) is 5.56 Å². The molecule has 1 aromatic heterocycles. The lowest BCUT2D eigenvalue weighted by atomic mass is 10.1. The number of hydrogen-bond donors (Lipinski definition) is 3. The van der Waals surface area contributed by atoms with Gasteiger partial charge < -0.3 is 9.84 Å². The van der Waals surface area contributed by atoms with Gasteiger partial charge in [0.05, 0.1) is 5.56 Å². The second-order valence-corrected chi connectivity index (χ2v) is 5.74. The fourth-order valence-electron chi connectivity index (χ4n) is 2.31. The minimum Gasteiger partial charge on any atom is -0.478 e. The summed E-state index contributed by atoms with van der Waals surface area (Å²) in [6.07, 6.45) is 1.74. The summed E-state index contributed by atoms with van der Waals surface area (Å²) in [5, 5.41) is 19.2. The van der Waals surface area contributed by atoms with Crippen LogP contribution in [0.5, 0.6) is 0 Å². The lowest BCUT2D eigenvalue weighted by molar-refractivity contribution is 0.0696. The third kappa shape index (κ3) is 4.76. The van der Waals surface area contributed by atoms with Gasteiger partial charge in [0.25, 0.3) is 0 Å². The van der Waals surface area contributed by atoms with Gasteiger partial charge in [0, 0.05) is 23.5 Å². The number of amidine groups is 1. The molecule has 8 heteroatoms. The lowest BCUT2D eigenvalue weighted by Crippen LogP contribution is -2.30. The molecule has 0 bridgehead atoms. The van der Waals surface area contributed by atoms with Crippen LogP contribution < -0.4 is 5.32 Å². The number of nitrogens with zero attached hydrogens (tertiary/aromatic N) is 2. The summed E-state index contributed by atoms with van der Waals surface area (Å²) < 4.78 is 5.08. The van der Waals surface area contributed by atoms with Crippen molar-refractivity contribution < 1.29 is 19.4 Å². The first-order chi connectivity index (χ1) is 13.5. The molecule has 28 heavy (non-hydrogen) atoms. The highest BCUT2D eigenvalue weighted by Gasteiger charge is 2.10. The Hall–Kier alpha value is -4.07. The fraction of sp³-hybridized carbons (Fsp3) is 0.0500. The Morgan fingerprint density at radius 2 is 1.61 bits per heavy atom. The molecule has 0 saturated carbocycles. The number of alkyl carbamates (subject to hydrolysis) is 1. The minimum atomic E-state index is -1.10. The van der Waals surface area contributed by atoms with Gasteiger partial charge in [0.15, 0.2) is 5.82 Å². The highest BCUT2D eigenvalue weighted by molar-refractivity contribution is 6.04. The number of aromatic nitrogens is 2. The molecule has 1 amide bonds. The summed E-state index contributed by atoms with van der Waals surface area (Å²) in [7, 11) is 0. The van der Waals surface area contributed by atoms with Crippen LogP contribution in [0, 0.1) is 5.41 Å². The van der Waals surface area contributed by atoms with Gasteiger partial charge in [0.1, 0.15) is 12.4 Å². The number of aromatic carboxylic acids is 1. The normalized spacial score (nSPS) is 10.1. The van der Waals surface area contributed by atoms with Crippen molar-refractivity contribution in [2.75, 3.05) is 0 Å². The molecule has 0 fully saturated rings. The highest BCUT2D eigenvalue weighted by Crippen LogP contribution is 2.15. The van der Waals surface area contributed by atoms with Gasteiger partial charge in [0.2, 0.25) is 0 Å². The average molecular weight is 376 g/mol. The van der Waals surface area contributed by atoms with E-state index in [-0.39, 0.29) is 18.0 Å².